The van der Waals surface area contributed by atoms with E-state index in [4.69, 9.17) is 16.1 Å². The van der Waals surface area contributed by atoms with Crippen LogP contribution in [0.15, 0.2) is 95.1 Å². The number of aromatic nitrogens is 7. The van der Waals surface area contributed by atoms with Gasteiger partial charge in [-0.15, -0.1) is 11.3 Å². The lowest BCUT2D eigenvalue weighted by molar-refractivity contribution is 0.0938. The SMILES string of the molecule is O=C(c1ccon1)n1nc(-c2cn(CCc3ncccn3)c(=O)cc2-c2ccncc2)cc1NCc1ccc(Cl)s1. The number of hydrogen-bond donors (Lipinski definition) is 1. The topological polar surface area (TPSA) is 134 Å². The molecule has 0 atom stereocenters. The maximum atomic E-state index is 13.4. The predicted octanol–water partition coefficient (Wildman–Crippen LogP) is 4.81. The van der Waals surface area contributed by atoms with E-state index in [0.29, 0.717) is 52.3 Å². The third-order valence-corrected chi connectivity index (χ3v) is 7.45. The van der Waals surface area contributed by atoms with Gasteiger partial charge in [-0.25, -0.2) is 9.97 Å². The van der Waals surface area contributed by atoms with Crippen LogP contribution in [0.25, 0.3) is 22.4 Å². The van der Waals surface area contributed by atoms with Gasteiger partial charge >= 0.3 is 5.91 Å². The first-order chi connectivity index (χ1) is 20.0. The molecule has 11 nitrogen and oxygen atoms in total. The molecule has 0 unspecified atom stereocenters. The molecule has 6 rings (SSSR count). The van der Waals surface area contributed by atoms with Crippen molar-refractivity contribution >= 4 is 34.7 Å². The number of nitrogens with one attached hydrogen (secondary N) is 1. The van der Waals surface area contributed by atoms with E-state index in [2.05, 4.69) is 30.5 Å². The Labute approximate surface area is 242 Å². The minimum Gasteiger partial charge on any atom is -0.365 e. The van der Waals surface area contributed by atoms with Crippen LogP contribution in [0.3, 0.4) is 0 Å². The quantitative estimate of drug-likeness (QED) is 0.254. The lowest BCUT2D eigenvalue weighted by atomic mass is 10.0. The van der Waals surface area contributed by atoms with Crippen LogP contribution in [0.5, 0.6) is 0 Å². The molecule has 0 spiro atoms. The van der Waals surface area contributed by atoms with Gasteiger partial charge in [0.05, 0.1) is 16.6 Å². The number of nitrogens with zero attached hydrogens (tertiary/aromatic N) is 7. The Kier molecular flexibility index (Phi) is 7.48. The third kappa shape index (κ3) is 5.83. The number of rotatable bonds is 9. The van der Waals surface area contributed by atoms with E-state index in [1.165, 1.54) is 28.3 Å². The average Bonchev–Trinajstić information content (AvgIpc) is 3.78. The van der Waals surface area contributed by atoms with Crippen LogP contribution in [0.2, 0.25) is 4.34 Å². The van der Waals surface area contributed by atoms with E-state index in [0.717, 1.165) is 10.4 Å². The van der Waals surface area contributed by atoms with Crippen LogP contribution in [-0.4, -0.2) is 40.4 Å². The van der Waals surface area contributed by atoms with Crippen molar-refractivity contribution in [1.82, 2.24) is 34.5 Å². The number of thiophene rings is 1. The van der Waals surface area contributed by atoms with Gasteiger partial charge in [-0.3, -0.25) is 14.6 Å². The lowest BCUT2D eigenvalue weighted by Gasteiger charge is -2.12. The van der Waals surface area contributed by atoms with Crippen molar-refractivity contribution in [2.24, 2.45) is 0 Å². The molecule has 0 bridgehead atoms. The van der Waals surface area contributed by atoms with E-state index in [-0.39, 0.29) is 11.3 Å². The van der Waals surface area contributed by atoms with Crippen molar-refractivity contribution in [3.05, 3.63) is 117 Å². The molecule has 0 fully saturated rings. The van der Waals surface area contributed by atoms with E-state index < -0.39 is 5.91 Å². The van der Waals surface area contributed by atoms with Gasteiger partial charge in [0, 0.05) is 72.6 Å². The summed E-state index contributed by atoms with van der Waals surface area (Å²) < 4.78 is 8.39. The first-order valence-electron chi connectivity index (χ1n) is 12.5. The molecule has 0 saturated carbocycles. The second-order valence-electron chi connectivity index (χ2n) is 8.86. The molecule has 0 saturated heterocycles. The Morgan fingerprint density at radius 2 is 1.85 bits per heavy atom. The Morgan fingerprint density at radius 3 is 2.59 bits per heavy atom. The molecule has 13 heteroatoms. The van der Waals surface area contributed by atoms with Gasteiger partial charge in [0.2, 0.25) is 0 Å². The number of aryl methyl sites for hydroxylation is 2. The Balaban J connectivity index is 1.44. The lowest BCUT2D eigenvalue weighted by Crippen LogP contribution is -2.21. The maximum Gasteiger partial charge on any atom is 0.302 e. The van der Waals surface area contributed by atoms with E-state index in [9.17, 15) is 9.59 Å². The Morgan fingerprint density at radius 1 is 1.02 bits per heavy atom. The number of anilines is 1. The largest absolute Gasteiger partial charge is 0.365 e. The fraction of sp³-hybridized carbons (Fsp3) is 0.107. The number of carbonyl (C=O) groups excluding carboxylic acids is 1. The molecular formula is C28H21ClN8O3S. The van der Waals surface area contributed by atoms with Crippen LogP contribution < -0.4 is 10.9 Å². The van der Waals surface area contributed by atoms with E-state index in [1.807, 2.05) is 24.3 Å². The van der Waals surface area contributed by atoms with Crippen molar-refractivity contribution in [2.75, 3.05) is 5.32 Å². The van der Waals surface area contributed by atoms with E-state index in [1.54, 1.807) is 53.8 Å². The highest BCUT2D eigenvalue weighted by Gasteiger charge is 2.22. The molecule has 0 aliphatic heterocycles. The van der Waals surface area contributed by atoms with E-state index >= 15 is 0 Å². The standard InChI is InChI=1S/C28H21ClN8O3S/c29-24-3-2-19(41-24)16-33-26-15-23(34-37(26)28(39)22-7-13-40-35-22)21-17-36(12-6-25-31-8-1-9-32-25)27(38)14-20(21)18-4-10-30-11-5-18/h1-5,7-11,13-15,17,33H,6,12,16H2. The summed E-state index contributed by atoms with van der Waals surface area (Å²) in [5.41, 5.74) is 2.47. The smallest absolute Gasteiger partial charge is 0.302 e. The first-order valence-corrected chi connectivity index (χ1v) is 13.7. The zero-order valence-corrected chi connectivity index (χ0v) is 22.9. The van der Waals surface area contributed by atoms with Crippen molar-refractivity contribution in [2.45, 2.75) is 19.5 Å². The summed E-state index contributed by atoms with van der Waals surface area (Å²) in [7, 11) is 0. The normalized spacial score (nSPS) is 11.0. The second kappa shape index (κ2) is 11.7. The zero-order valence-electron chi connectivity index (χ0n) is 21.3. The monoisotopic (exact) mass is 584 g/mol. The molecule has 1 N–H and O–H groups in total. The highest BCUT2D eigenvalue weighted by molar-refractivity contribution is 7.16. The molecule has 204 valence electrons. The van der Waals surface area contributed by atoms with Crippen molar-refractivity contribution in [3.8, 4) is 22.4 Å². The highest BCUT2D eigenvalue weighted by atomic mass is 35.5. The van der Waals surface area contributed by atoms with Gasteiger partial charge < -0.3 is 14.4 Å². The fourth-order valence-electron chi connectivity index (χ4n) is 4.25. The van der Waals surface area contributed by atoms with Crippen LogP contribution >= 0.6 is 22.9 Å². The van der Waals surface area contributed by atoms with Crippen LogP contribution in [0, 0.1) is 0 Å². The van der Waals surface area contributed by atoms with Crippen molar-refractivity contribution in [1.29, 1.82) is 0 Å². The number of halogens is 1. The van der Waals surface area contributed by atoms with Crippen molar-refractivity contribution < 1.29 is 9.32 Å². The molecule has 6 aromatic rings. The summed E-state index contributed by atoms with van der Waals surface area (Å²) in [4.78, 5) is 40.2. The van der Waals surface area contributed by atoms with Crippen LogP contribution in [0.4, 0.5) is 5.82 Å². The highest BCUT2D eigenvalue weighted by Crippen LogP contribution is 2.32. The third-order valence-electron chi connectivity index (χ3n) is 6.22. The van der Waals surface area contributed by atoms with Gasteiger partial charge in [0.1, 0.15) is 17.9 Å². The van der Waals surface area contributed by atoms with Gasteiger partial charge in [-0.2, -0.15) is 9.78 Å². The predicted molar refractivity (Wildman–Crippen MR) is 154 cm³/mol. The molecule has 0 amide bonds. The second-order valence-corrected chi connectivity index (χ2v) is 10.7. The Hall–Kier alpha value is -4.94. The summed E-state index contributed by atoms with van der Waals surface area (Å²) in [6, 6.07) is 13.9. The van der Waals surface area contributed by atoms with Crippen LogP contribution in [-0.2, 0) is 19.5 Å². The zero-order chi connectivity index (χ0) is 28.2. The molecule has 6 heterocycles. The number of pyridine rings is 2. The summed E-state index contributed by atoms with van der Waals surface area (Å²) >= 11 is 7.54. The molecule has 41 heavy (non-hydrogen) atoms. The molecular weight excluding hydrogens is 564 g/mol. The summed E-state index contributed by atoms with van der Waals surface area (Å²) in [6.45, 7) is 0.775. The summed E-state index contributed by atoms with van der Waals surface area (Å²) in [5, 5.41) is 11.7. The van der Waals surface area contributed by atoms with Crippen LogP contribution in [0.1, 0.15) is 21.2 Å². The molecule has 0 aliphatic carbocycles. The van der Waals surface area contributed by atoms with Crippen molar-refractivity contribution in [3.63, 3.8) is 0 Å². The van der Waals surface area contributed by atoms with Gasteiger partial charge in [0.15, 0.2) is 5.69 Å². The minimum atomic E-state index is -0.475. The first kappa shape index (κ1) is 26.3. The summed E-state index contributed by atoms with van der Waals surface area (Å²) in [5.74, 6) is 0.590. The summed E-state index contributed by atoms with van der Waals surface area (Å²) in [6.07, 6.45) is 10.2. The molecule has 0 aromatic carbocycles. The van der Waals surface area contributed by atoms with Gasteiger partial charge in [-0.1, -0.05) is 16.8 Å². The number of carbonyl (C=O) groups is 1. The average molecular weight is 585 g/mol. The van der Waals surface area contributed by atoms with Gasteiger partial charge in [-0.05, 0) is 41.5 Å². The Bertz CT molecular complexity index is 1850. The minimum absolute atomic E-state index is 0.101. The molecule has 0 radical (unpaired) electrons. The fourth-order valence-corrected chi connectivity index (χ4v) is 5.28. The molecule has 6 aromatic heterocycles. The molecule has 0 aliphatic rings. The number of hydrogen-bond acceptors (Lipinski definition) is 10. The maximum absolute atomic E-state index is 13.4. The van der Waals surface area contributed by atoms with Gasteiger partial charge in [0.25, 0.3) is 5.56 Å².